The van der Waals surface area contributed by atoms with Crippen LogP contribution in [-0.2, 0) is 4.74 Å². The highest BCUT2D eigenvalue weighted by Gasteiger charge is 2.06. The summed E-state index contributed by atoms with van der Waals surface area (Å²) in [6.07, 6.45) is 0.712. The second kappa shape index (κ2) is 6.82. The first-order chi connectivity index (χ1) is 8.13. The fourth-order valence-corrected chi connectivity index (χ4v) is 1.22. The number of benzene rings is 1. The molecule has 1 unspecified atom stereocenters. The van der Waals surface area contributed by atoms with Crippen LogP contribution in [0.25, 0.3) is 0 Å². The second-order valence-electron chi connectivity index (χ2n) is 3.60. The van der Waals surface area contributed by atoms with Crippen molar-refractivity contribution in [2.45, 2.75) is 12.5 Å². The zero-order chi connectivity index (χ0) is 12.7. The van der Waals surface area contributed by atoms with E-state index in [1.165, 1.54) is 12.1 Å². The molecule has 0 spiro atoms. The van der Waals surface area contributed by atoms with Crippen LogP contribution in [0.5, 0.6) is 5.75 Å². The molecule has 0 bridgehead atoms. The number of ether oxygens (including phenoxy) is 2. The van der Waals surface area contributed by atoms with Crippen molar-refractivity contribution in [3.63, 3.8) is 0 Å². The zero-order valence-corrected chi connectivity index (χ0v) is 9.67. The van der Waals surface area contributed by atoms with Crippen molar-refractivity contribution in [2.24, 2.45) is 5.73 Å². The maximum absolute atomic E-state index is 10.4. The van der Waals surface area contributed by atoms with Gasteiger partial charge in [-0.25, -0.2) is 0 Å². The molecule has 0 aliphatic carbocycles. The van der Waals surface area contributed by atoms with E-state index >= 15 is 0 Å². The molecule has 0 aliphatic heterocycles. The summed E-state index contributed by atoms with van der Waals surface area (Å²) in [5, 5.41) is 10.4. The Bertz CT molecular complexity index is 353. The number of non-ortho nitro benzene ring substituents is 1. The van der Waals surface area contributed by atoms with Crippen molar-refractivity contribution in [2.75, 3.05) is 20.3 Å². The second-order valence-corrected chi connectivity index (χ2v) is 3.60. The number of nitro benzene ring substituents is 1. The standard InChI is InChI=1S/C11H16N2O4/c1-16-7-6-9(12)8-17-11-4-2-10(3-5-11)13(14)15/h2-5,9H,6-8,12H2,1H3. The molecule has 6 heteroatoms. The molecule has 0 radical (unpaired) electrons. The summed E-state index contributed by atoms with van der Waals surface area (Å²) in [4.78, 5) is 9.98. The molecule has 0 saturated carbocycles. The third-order valence-corrected chi connectivity index (χ3v) is 2.20. The first kappa shape index (κ1) is 13.4. The van der Waals surface area contributed by atoms with E-state index in [0.717, 1.165) is 0 Å². The van der Waals surface area contributed by atoms with Crippen LogP contribution in [0.4, 0.5) is 5.69 Å². The van der Waals surface area contributed by atoms with Gasteiger partial charge in [0.25, 0.3) is 5.69 Å². The lowest BCUT2D eigenvalue weighted by Gasteiger charge is -2.12. The molecule has 1 aromatic carbocycles. The van der Waals surface area contributed by atoms with E-state index in [4.69, 9.17) is 15.2 Å². The van der Waals surface area contributed by atoms with Crippen molar-refractivity contribution >= 4 is 5.69 Å². The third kappa shape index (κ3) is 4.80. The van der Waals surface area contributed by atoms with Crippen LogP contribution in [-0.4, -0.2) is 31.3 Å². The van der Waals surface area contributed by atoms with Gasteiger partial charge in [0.15, 0.2) is 0 Å². The molecular formula is C11H16N2O4. The first-order valence-corrected chi connectivity index (χ1v) is 5.25. The molecule has 0 aliphatic rings. The largest absolute Gasteiger partial charge is 0.492 e. The molecule has 1 rings (SSSR count). The summed E-state index contributed by atoms with van der Waals surface area (Å²) in [6, 6.07) is 5.80. The lowest BCUT2D eigenvalue weighted by molar-refractivity contribution is -0.384. The smallest absolute Gasteiger partial charge is 0.269 e. The van der Waals surface area contributed by atoms with Gasteiger partial charge in [-0.05, 0) is 18.6 Å². The van der Waals surface area contributed by atoms with Gasteiger partial charge in [0, 0.05) is 31.9 Å². The number of nitrogens with zero attached hydrogens (tertiary/aromatic N) is 1. The Labute approximate surface area is 99.5 Å². The van der Waals surface area contributed by atoms with Crippen LogP contribution in [0.1, 0.15) is 6.42 Å². The van der Waals surface area contributed by atoms with Crippen molar-refractivity contribution in [3.05, 3.63) is 34.4 Å². The first-order valence-electron chi connectivity index (χ1n) is 5.25. The van der Waals surface area contributed by atoms with Crippen LogP contribution in [0.3, 0.4) is 0 Å². The molecule has 0 amide bonds. The van der Waals surface area contributed by atoms with Crippen molar-refractivity contribution < 1.29 is 14.4 Å². The quantitative estimate of drug-likeness (QED) is 0.574. The highest BCUT2D eigenvalue weighted by atomic mass is 16.6. The SMILES string of the molecule is COCCC(N)COc1ccc([N+](=O)[O-])cc1. The summed E-state index contributed by atoms with van der Waals surface area (Å²) in [7, 11) is 1.61. The maximum Gasteiger partial charge on any atom is 0.269 e. The average molecular weight is 240 g/mol. The summed E-state index contributed by atoms with van der Waals surface area (Å²) in [5.74, 6) is 0.573. The van der Waals surface area contributed by atoms with Crippen molar-refractivity contribution in [1.29, 1.82) is 0 Å². The number of nitro groups is 1. The van der Waals surface area contributed by atoms with E-state index in [0.29, 0.717) is 25.4 Å². The average Bonchev–Trinajstić information content (AvgIpc) is 2.34. The van der Waals surface area contributed by atoms with Gasteiger partial charge in [-0.2, -0.15) is 0 Å². The third-order valence-electron chi connectivity index (χ3n) is 2.20. The van der Waals surface area contributed by atoms with Crippen molar-refractivity contribution in [1.82, 2.24) is 0 Å². The van der Waals surface area contributed by atoms with Crippen LogP contribution in [0.15, 0.2) is 24.3 Å². The Morgan fingerprint density at radius 1 is 1.41 bits per heavy atom. The Kier molecular flexibility index (Phi) is 5.38. The van der Waals surface area contributed by atoms with Gasteiger partial charge < -0.3 is 15.2 Å². The van der Waals surface area contributed by atoms with Crippen LogP contribution in [0, 0.1) is 10.1 Å². The number of hydrogen-bond acceptors (Lipinski definition) is 5. The fraction of sp³-hybridized carbons (Fsp3) is 0.455. The van der Waals surface area contributed by atoms with Crippen molar-refractivity contribution in [3.8, 4) is 5.75 Å². The van der Waals surface area contributed by atoms with Crippen LogP contribution >= 0.6 is 0 Å². The van der Waals surface area contributed by atoms with E-state index in [1.54, 1.807) is 19.2 Å². The number of rotatable bonds is 7. The summed E-state index contributed by atoms with van der Waals surface area (Å²) >= 11 is 0. The molecule has 17 heavy (non-hydrogen) atoms. The fourth-order valence-electron chi connectivity index (χ4n) is 1.22. The molecule has 1 atom stereocenters. The van der Waals surface area contributed by atoms with E-state index in [-0.39, 0.29) is 11.7 Å². The lowest BCUT2D eigenvalue weighted by atomic mass is 10.2. The van der Waals surface area contributed by atoms with Gasteiger partial charge in [0.1, 0.15) is 12.4 Å². The van der Waals surface area contributed by atoms with E-state index in [2.05, 4.69) is 0 Å². The highest BCUT2D eigenvalue weighted by Crippen LogP contribution is 2.17. The number of methoxy groups -OCH3 is 1. The Morgan fingerprint density at radius 2 is 2.06 bits per heavy atom. The summed E-state index contributed by atoms with van der Waals surface area (Å²) in [5.41, 5.74) is 5.82. The van der Waals surface area contributed by atoms with E-state index in [1.807, 2.05) is 0 Å². The van der Waals surface area contributed by atoms with Gasteiger partial charge in [0.2, 0.25) is 0 Å². The van der Waals surface area contributed by atoms with E-state index < -0.39 is 4.92 Å². The van der Waals surface area contributed by atoms with Gasteiger partial charge in [-0.3, -0.25) is 10.1 Å². The molecule has 0 fully saturated rings. The molecule has 0 aromatic heterocycles. The highest BCUT2D eigenvalue weighted by molar-refractivity contribution is 5.35. The van der Waals surface area contributed by atoms with Crippen LogP contribution < -0.4 is 10.5 Å². The minimum atomic E-state index is -0.450. The zero-order valence-electron chi connectivity index (χ0n) is 9.67. The van der Waals surface area contributed by atoms with Gasteiger partial charge >= 0.3 is 0 Å². The number of hydrogen-bond donors (Lipinski definition) is 1. The Balaban J connectivity index is 2.39. The lowest BCUT2D eigenvalue weighted by Crippen LogP contribution is -2.29. The van der Waals surface area contributed by atoms with Crippen LogP contribution in [0.2, 0.25) is 0 Å². The Morgan fingerprint density at radius 3 is 2.59 bits per heavy atom. The minimum Gasteiger partial charge on any atom is -0.492 e. The monoisotopic (exact) mass is 240 g/mol. The molecule has 0 heterocycles. The molecule has 0 saturated heterocycles. The predicted molar refractivity (Wildman–Crippen MR) is 63.1 cm³/mol. The molecule has 6 nitrogen and oxygen atoms in total. The normalized spacial score (nSPS) is 12.1. The molecule has 1 aromatic rings. The topological polar surface area (TPSA) is 87.6 Å². The molecule has 94 valence electrons. The van der Waals surface area contributed by atoms with Gasteiger partial charge in [-0.15, -0.1) is 0 Å². The molecular weight excluding hydrogens is 224 g/mol. The van der Waals surface area contributed by atoms with E-state index in [9.17, 15) is 10.1 Å². The summed E-state index contributed by atoms with van der Waals surface area (Å²) in [6.45, 7) is 0.950. The maximum atomic E-state index is 10.4. The molecule has 2 N–H and O–H groups in total. The summed E-state index contributed by atoms with van der Waals surface area (Å²) < 4.78 is 10.3. The van der Waals surface area contributed by atoms with Gasteiger partial charge in [0.05, 0.1) is 4.92 Å². The van der Waals surface area contributed by atoms with Gasteiger partial charge in [-0.1, -0.05) is 0 Å². The Hall–Kier alpha value is -1.66. The minimum absolute atomic E-state index is 0.0426. The predicted octanol–water partition coefficient (Wildman–Crippen LogP) is 1.34. The number of nitrogens with two attached hydrogens (primary N) is 1.